The first-order chi connectivity index (χ1) is 7.58. The van der Waals surface area contributed by atoms with Gasteiger partial charge in [0, 0.05) is 19.0 Å². The zero-order chi connectivity index (χ0) is 11.7. The normalized spacial score (nSPS) is 22.4. The molecule has 0 saturated carbocycles. The van der Waals surface area contributed by atoms with E-state index < -0.39 is 0 Å². The van der Waals surface area contributed by atoms with Gasteiger partial charge in [0.25, 0.3) is 5.91 Å². The number of amides is 1. The largest absolute Gasteiger partial charge is 0.393 e. The maximum atomic E-state index is 12.0. The van der Waals surface area contributed by atoms with E-state index in [1.54, 1.807) is 13.1 Å². The predicted octanol–water partition coefficient (Wildman–Crippen LogP) is 1.29. The number of hydrogen-bond acceptors (Lipinski definition) is 4. The van der Waals surface area contributed by atoms with Crippen molar-refractivity contribution in [1.29, 1.82) is 0 Å². The molecule has 4 nitrogen and oxygen atoms in total. The topological polar surface area (TPSA) is 53.4 Å². The van der Waals surface area contributed by atoms with Gasteiger partial charge in [0.15, 0.2) is 0 Å². The van der Waals surface area contributed by atoms with Gasteiger partial charge in [-0.15, -0.1) is 11.3 Å². The Balaban J connectivity index is 2.02. The van der Waals surface area contributed by atoms with E-state index in [4.69, 9.17) is 0 Å². The van der Waals surface area contributed by atoms with Crippen molar-refractivity contribution in [3.05, 3.63) is 16.1 Å². The molecule has 1 aromatic rings. The van der Waals surface area contributed by atoms with Crippen molar-refractivity contribution >= 4 is 17.2 Å². The summed E-state index contributed by atoms with van der Waals surface area (Å²) < 4.78 is 0. The van der Waals surface area contributed by atoms with Gasteiger partial charge in [-0.25, -0.2) is 4.98 Å². The van der Waals surface area contributed by atoms with Crippen LogP contribution in [0.2, 0.25) is 0 Å². The maximum absolute atomic E-state index is 12.0. The molecule has 0 aliphatic carbocycles. The number of nitrogens with zero attached hydrogens (tertiary/aromatic N) is 2. The number of aliphatic hydroxyl groups is 1. The van der Waals surface area contributed by atoms with Gasteiger partial charge in [0.1, 0.15) is 4.88 Å². The number of hydrogen-bond donors (Lipinski definition) is 1. The molecule has 0 spiro atoms. The molecule has 2 rings (SSSR count). The third-order valence-electron chi connectivity index (χ3n) is 3.03. The van der Waals surface area contributed by atoms with E-state index in [0.717, 1.165) is 18.0 Å². The first-order valence-corrected chi connectivity index (χ1v) is 6.29. The fourth-order valence-electron chi connectivity index (χ4n) is 1.98. The molecule has 1 N–H and O–H groups in total. The van der Waals surface area contributed by atoms with Crippen LogP contribution in [0.1, 0.15) is 28.0 Å². The molecule has 2 heterocycles. The van der Waals surface area contributed by atoms with Crippen LogP contribution in [0.15, 0.2) is 6.20 Å². The fraction of sp³-hybridized carbons (Fsp3) is 0.636. The average Bonchev–Trinajstić information content (AvgIpc) is 2.84. The van der Waals surface area contributed by atoms with Crippen LogP contribution < -0.4 is 0 Å². The Hall–Kier alpha value is -0.940. The molecule has 1 aliphatic rings. The Morgan fingerprint density at radius 2 is 2.50 bits per heavy atom. The Morgan fingerprint density at radius 3 is 3.00 bits per heavy atom. The van der Waals surface area contributed by atoms with E-state index in [-0.39, 0.29) is 17.9 Å². The molecule has 0 bridgehead atoms. The summed E-state index contributed by atoms with van der Waals surface area (Å²) in [6.07, 6.45) is 2.19. The lowest BCUT2D eigenvalue weighted by atomic mass is 10.0. The molecular formula is C11H16N2O2S. The number of thiazole rings is 1. The van der Waals surface area contributed by atoms with Gasteiger partial charge in [-0.1, -0.05) is 0 Å². The van der Waals surface area contributed by atoms with Crippen molar-refractivity contribution in [2.24, 2.45) is 5.92 Å². The Labute approximate surface area is 98.9 Å². The number of aromatic nitrogens is 1. The number of aliphatic hydroxyl groups excluding tert-OH is 1. The minimum Gasteiger partial charge on any atom is -0.393 e. The third kappa shape index (κ3) is 2.25. The van der Waals surface area contributed by atoms with Gasteiger partial charge in [0.2, 0.25) is 0 Å². The van der Waals surface area contributed by atoms with Crippen LogP contribution in [-0.2, 0) is 0 Å². The minimum absolute atomic E-state index is 0.0498. The van der Waals surface area contributed by atoms with Crippen molar-refractivity contribution in [1.82, 2.24) is 9.88 Å². The van der Waals surface area contributed by atoms with Gasteiger partial charge in [-0.2, -0.15) is 0 Å². The van der Waals surface area contributed by atoms with Crippen LogP contribution in [-0.4, -0.2) is 40.1 Å². The molecule has 5 heteroatoms. The summed E-state index contributed by atoms with van der Waals surface area (Å²) in [6.45, 7) is 5.08. The molecule has 0 aromatic carbocycles. The summed E-state index contributed by atoms with van der Waals surface area (Å²) in [5.74, 6) is 0.270. The second-order valence-corrected chi connectivity index (χ2v) is 5.52. The van der Waals surface area contributed by atoms with E-state index >= 15 is 0 Å². The first kappa shape index (κ1) is 11.5. The number of likely N-dealkylation sites (tertiary alicyclic amines) is 1. The van der Waals surface area contributed by atoms with E-state index in [1.165, 1.54) is 11.3 Å². The molecule has 1 fully saturated rings. The van der Waals surface area contributed by atoms with Crippen LogP contribution in [0.4, 0.5) is 0 Å². The van der Waals surface area contributed by atoms with Crippen LogP contribution in [0.25, 0.3) is 0 Å². The van der Waals surface area contributed by atoms with E-state index in [0.29, 0.717) is 11.4 Å². The summed E-state index contributed by atoms with van der Waals surface area (Å²) >= 11 is 1.43. The summed E-state index contributed by atoms with van der Waals surface area (Å²) in [4.78, 5) is 18.6. The monoisotopic (exact) mass is 240 g/mol. The molecule has 2 unspecified atom stereocenters. The quantitative estimate of drug-likeness (QED) is 0.847. The molecule has 16 heavy (non-hydrogen) atoms. The van der Waals surface area contributed by atoms with Crippen molar-refractivity contribution in [2.75, 3.05) is 13.1 Å². The predicted molar refractivity (Wildman–Crippen MR) is 62.5 cm³/mol. The highest BCUT2D eigenvalue weighted by atomic mass is 32.1. The molecular weight excluding hydrogens is 224 g/mol. The highest BCUT2D eigenvalue weighted by Gasteiger charge is 2.30. The second-order valence-electron chi connectivity index (χ2n) is 4.28. The fourth-order valence-corrected chi connectivity index (χ4v) is 2.73. The number of aryl methyl sites for hydroxylation is 1. The van der Waals surface area contributed by atoms with Crippen molar-refractivity contribution in [3.63, 3.8) is 0 Å². The zero-order valence-electron chi connectivity index (χ0n) is 9.51. The molecule has 1 aliphatic heterocycles. The van der Waals surface area contributed by atoms with Crippen LogP contribution >= 0.6 is 11.3 Å². The van der Waals surface area contributed by atoms with Gasteiger partial charge < -0.3 is 10.0 Å². The van der Waals surface area contributed by atoms with Crippen LogP contribution in [0.5, 0.6) is 0 Å². The summed E-state index contributed by atoms with van der Waals surface area (Å²) in [5, 5.41) is 10.4. The number of rotatable bonds is 2. The molecule has 0 radical (unpaired) electrons. The van der Waals surface area contributed by atoms with Crippen molar-refractivity contribution in [2.45, 2.75) is 26.4 Å². The SMILES string of the molecule is Cc1ncc(C(=O)N2CCC(C(C)O)C2)s1. The highest BCUT2D eigenvalue weighted by molar-refractivity contribution is 7.13. The molecule has 1 amide bonds. The molecule has 88 valence electrons. The maximum Gasteiger partial charge on any atom is 0.265 e. The lowest BCUT2D eigenvalue weighted by molar-refractivity contribution is 0.0767. The Morgan fingerprint density at radius 1 is 1.75 bits per heavy atom. The minimum atomic E-state index is -0.332. The molecule has 1 saturated heterocycles. The van der Waals surface area contributed by atoms with Crippen molar-refractivity contribution in [3.8, 4) is 0 Å². The Kier molecular flexibility index (Phi) is 3.25. The summed E-state index contributed by atoms with van der Waals surface area (Å²) in [6, 6.07) is 0. The number of carbonyl (C=O) groups is 1. The van der Waals surface area contributed by atoms with E-state index in [9.17, 15) is 9.90 Å². The van der Waals surface area contributed by atoms with E-state index in [1.807, 2.05) is 11.8 Å². The Bertz CT molecular complexity index is 389. The van der Waals surface area contributed by atoms with Gasteiger partial charge >= 0.3 is 0 Å². The summed E-state index contributed by atoms with van der Waals surface area (Å²) in [7, 11) is 0. The lowest BCUT2D eigenvalue weighted by Crippen LogP contribution is -2.29. The zero-order valence-corrected chi connectivity index (χ0v) is 10.3. The highest BCUT2D eigenvalue weighted by Crippen LogP contribution is 2.23. The number of carbonyl (C=O) groups excluding carboxylic acids is 1. The van der Waals surface area contributed by atoms with Gasteiger partial charge in [-0.05, 0) is 20.3 Å². The standard InChI is InChI=1S/C11H16N2O2S/c1-7(14)9-3-4-13(6-9)11(15)10-5-12-8(2)16-10/h5,7,9,14H,3-4,6H2,1-2H3. The van der Waals surface area contributed by atoms with Crippen molar-refractivity contribution < 1.29 is 9.90 Å². The molecule has 1 aromatic heterocycles. The third-order valence-corrected chi connectivity index (χ3v) is 3.93. The van der Waals surface area contributed by atoms with Gasteiger partial charge in [-0.3, -0.25) is 4.79 Å². The average molecular weight is 240 g/mol. The molecule has 2 atom stereocenters. The van der Waals surface area contributed by atoms with Gasteiger partial charge in [0.05, 0.1) is 17.3 Å². The van der Waals surface area contributed by atoms with Crippen LogP contribution in [0.3, 0.4) is 0 Å². The first-order valence-electron chi connectivity index (χ1n) is 5.47. The van der Waals surface area contributed by atoms with E-state index in [2.05, 4.69) is 4.98 Å². The second kappa shape index (κ2) is 4.51. The summed E-state index contributed by atoms with van der Waals surface area (Å²) in [5.41, 5.74) is 0. The lowest BCUT2D eigenvalue weighted by Gasteiger charge is -2.16. The smallest absolute Gasteiger partial charge is 0.265 e. The van der Waals surface area contributed by atoms with Crippen LogP contribution in [0, 0.1) is 12.8 Å².